The van der Waals surface area contributed by atoms with Gasteiger partial charge in [0, 0.05) is 52.1 Å². The summed E-state index contributed by atoms with van der Waals surface area (Å²) in [5.74, 6) is -1.48. The number of hydrogen-bond acceptors (Lipinski definition) is 10. The molecule has 12 nitrogen and oxygen atoms in total. The molecule has 0 fully saturated rings. The van der Waals surface area contributed by atoms with Crippen molar-refractivity contribution < 1.29 is 50.4 Å². The number of nitrogens with zero attached hydrogens (tertiary/aromatic N) is 2. The first kappa shape index (κ1) is 37.2. The van der Waals surface area contributed by atoms with Crippen LogP contribution in [0.15, 0.2) is 0 Å². The average Bonchev–Trinajstić information content (AvgIpc) is 2.77. The quantitative estimate of drug-likeness (QED) is 0.0877. The molecule has 206 valence electrons. The van der Waals surface area contributed by atoms with Crippen molar-refractivity contribution in [3.63, 3.8) is 0 Å². The lowest BCUT2D eigenvalue weighted by molar-refractivity contribution is -0.138. The van der Waals surface area contributed by atoms with E-state index in [1.54, 1.807) is 9.80 Å². The molecule has 0 spiro atoms. The van der Waals surface area contributed by atoms with Crippen molar-refractivity contribution in [1.82, 2.24) is 9.80 Å². The summed E-state index contributed by atoms with van der Waals surface area (Å²) in [5.41, 5.74) is 0. The van der Waals surface area contributed by atoms with Crippen LogP contribution >= 0.6 is 0 Å². The van der Waals surface area contributed by atoms with Gasteiger partial charge in [-0.1, -0.05) is 25.7 Å². The molecule has 0 aromatic rings. The van der Waals surface area contributed by atoms with Crippen LogP contribution in [-0.4, -0.2) is 142 Å². The van der Waals surface area contributed by atoms with Gasteiger partial charge in [-0.05, 0) is 12.8 Å². The molecule has 0 rings (SSSR count). The summed E-state index contributed by atoms with van der Waals surface area (Å²) in [5, 5.41) is 67.6. The van der Waals surface area contributed by atoms with Gasteiger partial charge < -0.3 is 40.9 Å². The number of aliphatic hydroxyl groups is 6. The van der Waals surface area contributed by atoms with E-state index in [1.807, 2.05) is 0 Å². The molecule has 0 atom stereocenters. The predicted molar refractivity (Wildman–Crippen MR) is 128 cm³/mol. The van der Waals surface area contributed by atoms with E-state index in [2.05, 4.69) is 0 Å². The Kier molecular flexibility index (Phi) is 34.6. The second-order valence-corrected chi connectivity index (χ2v) is 7.43. The molecule has 0 bridgehead atoms. The smallest absolute Gasteiger partial charge is 0.303 e. The van der Waals surface area contributed by atoms with Gasteiger partial charge in [-0.25, -0.2) is 0 Å². The summed E-state index contributed by atoms with van der Waals surface area (Å²) in [7, 11) is 0. The van der Waals surface area contributed by atoms with Crippen molar-refractivity contribution in [2.45, 2.75) is 51.4 Å². The third-order valence-electron chi connectivity index (χ3n) is 4.53. The molecular weight excluding hydrogens is 452 g/mol. The van der Waals surface area contributed by atoms with E-state index >= 15 is 0 Å². The second kappa shape index (κ2) is 31.6. The lowest BCUT2D eigenvalue weighted by Crippen LogP contribution is -2.32. The highest BCUT2D eigenvalue weighted by atomic mass is 16.4. The Bertz CT molecular complexity index is 364. The zero-order valence-electron chi connectivity index (χ0n) is 20.4. The van der Waals surface area contributed by atoms with Crippen LogP contribution in [0.25, 0.3) is 0 Å². The minimum Gasteiger partial charge on any atom is -0.481 e. The highest BCUT2D eigenvalue weighted by molar-refractivity contribution is 5.66. The summed E-state index contributed by atoms with van der Waals surface area (Å²) in [6, 6.07) is 0. The molecule has 0 saturated heterocycles. The van der Waals surface area contributed by atoms with Crippen molar-refractivity contribution in [1.29, 1.82) is 0 Å². The van der Waals surface area contributed by atoms with Crippen LogP contribution in [0.5, 0.6) is 0 Å². The average molecular weight is 501 g/mol. The third kappa shape index (κ3) is 35.2. The fourth-order valence-electron chi connectivity index (χ4n) is 2.78. The number of unbranched alkanes of at least 4 members (excludes halogenated alkanes) is 5. The van der Waals surface area contributed by atoms with E-state index in [4.69, 9.17) is 40.9 Å². The van der Waals surface area contributed by atoms with Crippen LogP contribution in [0.1, 0.15) is 51.4 Å². The Hall–Kier alpha value is -1.38. The number of carboxylic acids is 2. The van der Waals surface area contributed by atoms with E-state index in [9.17, 15) is 9.59 Å². The first-order chi connectivity index (χ1) is 16.3. The summed E-state index contributed by atoms with van der Waals surface area (Å²) in [6.45, 7) is 3.51. The van der Waals surface area contributed by atoms with Crippen LogP contribution in [0.3, 0.4) is 0 Å². The van der Waals surface area contributed by atoms with E-state index in [1.165, 1.54) is 0 Å². The van der Waals surface area contributed by atoms with Crippen molar-refractivity contribution in [3.05, 3.63) is 0 Å². The van der Waals surface area contributed by atoms with Crippen LogP contribution in [0, 0.1) is 0 Å². The topological polar surface area (TPSA) is 202 Å². The fourth-order valence-corrected chi connectivity index (χ4v) is 2.78. The number of hydrogen-bond donors (Lipinski definition) is 8. The van der Waals surface area contributed by atoms with Gasteiger partial charge in [-0.2, -0.15) is 0 Å². The number of carbonyl (C=O) groups is 2. The Morgan fingerprint density at radius 3 is 0.794 bits per heavy atom. The van der Waals surface area contributed by atoms with Crippen molar-refractivity contribution in [2.24, 2.45) is 0 Å². The van der Waals surface area contributed by atoms with E-state index in [0.717, 1.165) is 38.5 Å². The maximum absolute atomic E-state index is 10.1. The third-order valence-corrected chi connectivity index (χ3v) is 4.53. The van der Waals surface area contributed by atoms with Crippen LogP contribution in [0.2, 0.25) is 0 Å². The second-order valence-electron chi connectivity index (χ2n) is 7.43. The van der Waals surface area contributed by atoms with Crippen molar-refractivity contribution in [3.8, 4) is 0 Å². The van der Waals surface area contributed by atoms with Crippen molar-refractivity contribution >= 4 is 11.9 Å². The Balaban J connectivity index is -0.000000434. The Morgan fingerprint density at radius 2 is 0.618 bits per heavy atom. The largest absolute Gasteiger partial charge is 0.481 e. The van der Waals surface area contributed by atoms with Gasteiger partial charge in [0.2, 0.25) is 0 Å². The zero-order chi connectivity index (χ0) is 26.5. The first-order valence-corrected chi connectivity index (χ1v) is 11.9. The van der Waals surface area contributed by atoms with Gasteiger partial charge in [0.1, 0.15) is 0 Å². The molecule has 12 heteroatoms. The van der Waals surface area contributed by atoms with Gasteiger partial charge in [0.25, 0.3) is 0 Å². The summed E-state index contributed by atoms with van der Waals surface area (Å²) in [4.78, 5) is 23.9. The molecule has 0 aromatic carbocycles. The van der Waals surface area contributed by atoms with Crippen LogP contribution in [0.4, 0.5) is 0 Å². The van der Waals surface area contributed by atoms with Crippen LogP contribution in [-0.2, 0) is 9.59 Å². The minimum absolute atomic E-state index is 0.0694. The molecule has 0 amide bonds. The lowest BCUT2D eigenvalue weighted by atomic mass is 10.1. The number of rotatable bonds is 21. The Morgan fingerprint density at radius 1 is 0.412 bits per heavy atom. The molecule has 0 aromatic heterocycles. The standard InChI is InChI=1S/C10H18O4.2C6H15NO3/c11-9(12)7-5-3-1-2-4-6-8-10(13)14;2*8-4-1-7(2-5-9)3-6-10/h1-8H2,(H,11,12)(H,13,14);2*8-10H,1-6H2. The molecule has 0 radical (unpaired) electrons. The summed E-state index contributed by atoms with van der Waals surface area (Å²) < 4.78 is 0. The highest BCUT2D eigenvalue weighted by Gasteiger charge is 2.01. The summed E-state index contributed by atoms with van der Waals surface area (Å²) >= 11 is 0. The number of aliphatic carboxylic acids is 2. The lowest BCUT2D eigenvalue weighted by Gasteiger charge is -2.17. The van der Waals surface area contributed by atoms with E-state index < -0.39 is 11.9 Å². The Labute approximate surface area is 203 Å². The predicted octanol–water partition coefficient (Wildman–Crippen LogP) is -1.19. The van der Waals surface area contributed by atoms with E-state index in [-0.39, 0.29) is 52.5 Å². The van der Waals surface area contributed by atoms with Gasteiger partial charge in [-0.15, -0.1) is 0 Å². The van der Waals surface area contributed by atoms with Gasteiger partial charge in [-0.3, -0.25) is 19.4 Å². The van der Waals surface area contributed by atoms with Crippen molar-refractivity contribution in [2.75, 3.05) is 78.9 Å². The molecule has 8 N–H and O–H groups in total. The normalized spacial score (nSPS) is 10.5. The zero-order valence-corrected chi connectivity index (χ0v) is 20.4. The first-order valence-electron chi connectivity index (χ1n) is 11.9. The molecule has 0 aliphatic rings. The molecule has 34 heavy (non-hydrogen) atoms. The molecule has 0 aliphatic carbocycles. The highest BCUT2D eigenvalue weighted by Crippen LogP contribution is 2.08. The van der Waals surface area contributed by atoms with Crippen LogP contribution < -0.4 is 0 Å². The fraction of sp³-hybridized carbons (Fsp3) is 0.909. The minimum atomic E-state index is -0.740. The molecule has 0 aliphatic heterocycles. The maximum Gasteiger partial charge on any atom is 0.303 e. The SMILES string of the molecule is O=C(O)CCCCCCCCC(=O)O.OCCN(CCO)CCO.OCCN(CCO)CCO. The monoisotopic (exact) mass is 500 g/mol. The molecule has 0 heterocycles. The van der Waals surface area contributed by atoms with E-state index in [0.29, 0.717) is 39.3 Å². The van der Waals surface area contributed by atoms with Gasteiger partial charge in [0.05, 0.1) is 39.6 Å². The number of carboxylic acid groups (broad SMARTS) is 2. The summed E-state index contributed by atoms with van der Waals surface area (Å²) in [6.07, 6.45) is 5.82. The van der Waals surface area contributed by atoms with Gasteiger partial charge in [0.15, 0.2) is 0 Å². The molecule has 0 unspecified atom stereocenters. The van der Waals surface area contributed by atoms with Gasteiger partial charge >= 0.3 is 11.9 Å². The molecule has 0 saturated carbocycles. The number of aliphatic hydroxyl groups excluding tert-OH is 6. The maximum atomic E-state index is 10.1. The molecular formula is C22H48N2O10.